The monoisotopic (exact) mass is 226 g/mol. The van der Waals surface area contributed by atoms with Crippen molar-refractivity contribution in [3.63, 3.8) is 0 Å². The highest BCUT2D eigenvalue weighted by atomic mass is 16.3. The van der Waals surface area contributed by atoms with Crippen molar-refractivity contribution in [3.8, 4) is 0 Å². The van der Waals surface area contributed by atoms with Crippen LogP contribution in [0.25, 0.3) is 0 Å². The Labute approximate surface area is 102 Å². The van der Waals surface area contributed by atoms with E-state index in [0.29, 0.717) is 0 Å². The normalized spacial score (nSPS) is 19.1. The Morgan fingerprint density at radius 1 is 0.812 bits per heavy atom. The van der Waals surface area contributed by atoms with Gasteiger partial charge in [0.1, 0.15) is 0 Å². The van der Waals surface area contributed by atoms with Crippen LogP contribution in [-0.2, 0) is 0 Å². The second-order valence-corrected chi connectivity index (χ2v) is 5.66. The third-order valence-corrected chi connectivity index (χ3v) is 4.03. The van der Waals surface area contributed by atoms with Crippen LogP contribution in [0.1, 0.15) is 90.4 Å². The predicted octanol–water partition coefficient (Wildman–Crippen LogP) is 4.82. The third-order valence-electron chi connectivity index (χ3n) is 4.03. The van der Waals surface area contributed by atoms with Gasteiger partial charge in [-0.25, -0.2) is 0 Å². The zero-order valence-corrected chi connectivity index (χ0v) is 11.1. The first kappa shape index (κ1) is 14.0. The van der Waals surface area contributed by atoms with Crippen LogP contribution in [0.2, 0.25) is 0 Å². The molecule has 0 aromatic carbocycles. The molecular weight excluding hydrogens is 196 g/mol. The van der Waals surface area contributed by atoms with Crippen molar-refractivity contribution in [2.75, 3.05) is 0 Å². The van der Waals surface area contributed by atoms with Gasteiger partial charge in [0.15, 0.2) is 0 Å². The minimum atomic E-state index is -0.262. The van der Waals surface area contributed by atoms with Crippen molar-refractivity contribution in [1.82, 2.24) is 0 Å². The highest BCUT2D eigenvalue weighted by Gasteiger charge is 2.29. The maximum Gasteiger partial charge on any atom is 0.0647 e. The number of aliphatic hydroxyl groups is 1. The van der Waals surface area contributed by atoms with Gasteiger partial charge >= 0.3 is 0 Å². The van der Waals surface area contributed by atoms with Gasteiger partial charge in [-0.1, -0.05) is 71.1 Å². The van der Waals surface area contributed by atoms with Crippen molar-refractivity contribution in [1.29, 1.82) is 0 Å². The molecule has 1 N–H and O–H groups in total. The first-order valence-electron chi connectivity index (χ1n) is 7.49. The van der Waals surface area contributed by atoms with Gasteiger partial charge < -0.3 is 5.11 Å². The van der Waals surface area contributed by atoms with Crippen molar-refractivity contribution < 1.29 is 5.11 Å². The fraction of sp³-hybridized carbons (Fsp3) is 1.00. The Balaban J connectivity index is 1.84. The molecule has 1 saturated carbocycles. The summed E-state index contributed by atoms with van der Waals surface area (Å²) in [4.78, 5) is 0. The van der Waals surface area contributed by atoms with Crippen LogP contribution < -0.4 is 0 Å². The molecule has 0 amide bonds. The number of unbranched alkanes of at least 4 members (excludes halogenated alkanes) is 7. The van der Waals surface area contributed by atoms with E-state index < -0.39 is 0 Å². The van der Waals surface area contributed by atoms with Gasteiger partial charge in [0, 0.05) is 0 Å². The summed E-state index contributed by atoms with van der Waals surface area (Å²) < 4.78 is 0. The molecule has 1 rings (SSSR count). The lowest BCUT2D eigenvalue weighted by Crippen LogP contribution is -2.23. The van der Waals surface area contributed by atoms with Crippen LogP contribution in [0.5, 0.6) is 0 Å². The summed E-state index contributed by atoms with van der Waals surface area (Å²) in [5, 5.41) is 10.2. The Kier molecular flexibility index (Phi) is 7.11. The Morgan fingerprint density at radius 2 is 1.31 bits per heavy atom. The standard InChI is InChI=1S/C15H30O/c1-2-3-4-5-6-7-8-9-12-15(16)13-10-11-14-15/h16H,2-14H2,1H3. The van der Waals surface area contributed by atoms with Crippen LogP contribution in [0.3, 0.4) is 0 Å². The summed E-state index contributed by atoms with van der Waals surface area (Å²) in [6.45, 7) is 2.27. The second kappa shape index (κ2) is 8.11. The maximum atomic E-state index is 10.2. The summed E-state index contributed by atoms with van der Waals surface area (Å²) in [5.74, 6) is 0. The lowest BCUT2D eigenvalue weighted by molar-refractivity contribution is 0.0361. The highest BCUT2D eigenvalue weighted by Crippen LogP contribution is 2.33. The fourth-order valence-corrected chi connectivity index (χ4v) is 2.87. The van der Waals surface area contributed by atoms with Gasteiger partial charge in [0.2, 0.25) is 0 Å². The van der Waals surface area contributed by atoms with E-state index in [1.165, 1.54) is 64.2 Å². The second-order valence-electron chi connectivity index (χ2n) is 5.66. The van der Waals surface area contributed by atoms with Gasteiger partial charge in [-0.3, -0.25) is 0 Å². The smallest absolute Gasteiger partial charge is 0.0647 e. The summed E-state index contributed by atoms with van der Waals surface area (Å²) >= 11 is 0. The maximum absolute atomic E-state index is 10.2. The van der Waals surface area contributed by atoms with Crippen molar-refractivity contribution >= 4 is 0 Å². The molecule has 1 aliphatic carbocycles. The Hall–Kier alpha value is -0.0400. The zero-order chi connectivity index (χ0) is 11.7. The number of hydrogen-bond donors (Lipinski definition) is 1. The molecule has 0 aliphatic heterocycles. The van der Waals surface area contributed by atoms with E-state index in [9.17, 15) is 5.11 Å². The average Bonchev–Trinajstić information content (AvgIpc) is 2.70. The molecule has 16 heavy (non-hydrogen) atoms. The molecule has 1 fully saturated rings. The van der Waals surface area contributed by atoms with Gasteiger partial charge in [-0.15, -0.1) is 0 Å². The molecular formula is C15H30O. The van der Waals surface area contributed by atoms with E-state index in [-0.39, 0.29) is 5.60 Å². The number of rotatable bonds is 9. The highest BCUT2D eigenvalue weighted by molar-refractivity contribution is 4.83. The van der Waals surface area contributed by atoms with Crippen LogP contribution in [0.15, 0.2) is 0 Å². The van der Waals surface area contributed by atoms with Crippen LogP contribution in [0, 0.1) is 0 Å². The molecule has 0 radical (unpaired) electrons. The zero-order valence-electron chi connectivity index (χ0n) is 11.1. The van der Waals surface area contributed by atoms with E-state index in [2.05, 4.69) is 6.92 Å². The molecule has 0 aromatic heterocycles. The first-order chi connectivity index (χ1) is 7.77. The number of hydrogen-bond acceptors (Lipinski definition) is 1. The largest absolute Gasteiger partial charge is 0.390 e. The minimum absolute atomic E-state index is 0.262. The third kappa shape index (κ3) is 5.89. The van der Waals surface area contributed by atoms with Gasteiger partial charge in [0.05, 0.1) is 5.60 Å². The van der Waals surface area contributed by atoms with Crippen molar-refractivity contribution in [2.24, 2.45) is 0 Å². The molecule has 0 bridgehead atoms. The molecule has 0 unspecified atom stereocenters. The van der Waals surface area contributed by atoms with Crippen LogP contribution in [-0.4, -0.2) is 10.7 Å². The van der Waals surface area contributed by atoms with E-state index in [1.807, 2.05) is 0 Å². The van der Waals surface area contributed by atoms with Gasteiger partial charge in [0.25, 0.3) is 0 Å². The van der Waals surface area contributed by atoms with E-state index >= 15 is 0 Å². The molecule has 0 heterocycles. The predicted molar refractivity (Wildman–Crippen MR) is 70.6 cm³/mol. The molecule has 0 saturated heterocycles. The van der Waals surface area contributed by atoms with Gasteiger partial charge in [-0.2, -0.15) is 0 Å². The Morgan fingerprint density at radius 3 is 1.88 bits per heavy atom. The molecule has 96 valence electrons. The van der Waals surface area contributed by atoms with E-state index in [1.54, 1.807) is 0 Å². The van der Waals surface area contributed by atoms with Crippen molar-refractivity contribution in [2.45, 2.75) is 96.0 Å². The lowest BCUT2D eigenvalue weighted by atomic mass is 9.94. The lowest BCUT2D eigenvalue weighted by Gasteiger charge is -2.21. The fourth-order valence-electron chi connectivity index (χ4n) is 2.87. The molecule has 0 aromatic rings. The quantitative estimate of drug-likeness (QED) is 0.559. The molecule has 1 aliphatic rings. The molecule has 0 spiro atoms. The Bertz CT molecular complexity index is 159. The molecule has 0 atom stereocenters. The topological polar surface area (TPSA) is 20.2 Å². The van der Waals surface area contributed by atoms with Crippen LogP contribution in [0.4, 0.5) is 0 Å². The summed E-state index contributed by atoms with van der Waals surface area (Å²) in [6.07, 6.45) is 16.6. The SMILES string of the molecule is CCCCCCCCCCC1(O)CCCC1. The van der Waals surface area contributed by atoms with E-state index in [0.717, 1.165) is 19.3 Å². The van der Waals surface area contributed by atoms with Crippen molar-refractivity contribution in [3.05, 3.63) is 0 Å². The van der Waals surface area contributed by atoms with E-state index in [4.69, 9.17) is 0 Å². The minimum Gasteiger partial charge on any atom is -0.390 e. The summed E-state index contributed by atoms with van der Waals surface area (Å²) in [6, 6.07) is 0. The molecule has 1 heteroatoms. The summed E-state index contributed by atoms with van der Waals surface area (Å²) in [7, 11) is 0. The summed E-state index contributed by atoms with van der Waals surface area (Å²) in [5.41, 5.74) is -0.262. The molecule has 1 nitrogen and oxygen atoms in total. The first-order valence-corrected chi connectivity index (χ1v) is 7.49. The van der Waals surface area contributed by atoms with Crippen LogP contribution >= 0.6 is 0 Å². The average molecular weight is 226 g/mol. The van der Waals surface area contributed by atoms with Gasteiger partial charge in [-0.05, 0) is 19.3 Å².